The van der Waals surface area contributed by atoms with E-state index in [1.54, 1.807) is 32.2 Å². The van der Waals surface area contributed by atoms with Crippen molar-refractivity contribution in [2.24, 2.45) is 0 Å². The van der Waals surface area contributed by atoms with Crippen molar-refractivity contribution in [1.82, 2.24) is 4.57 Å². The summed E-state index contributed by atoms with van der Waals surface area (Å²) in [7, 11) is 0. The number of carbonyl (C=O) groups is 1. The maximum atomic E-state index is 12.4. The van der Waals surface area contributed by atoms with Crippen molar-refractivity contribution in [3.05, 3.63) is 63.6 Å². The Hall–Kier alpha value is -2.36. The molecule has 1 unspecified atom stereocenters. The number of anilines is 1. The zero-order valence-electron chi connectivity index (χ0n) is 12.8. The van der Waals surface area contributed by atoms with Crippen molar-refractivity contribution in [2.45, 2.75) is 33.7 Å². The second-order valence-electron chi connectivity index (χ2n) is 5.39. The van der Waals surface area contributed by atoms with Crippen LogP contribution in [-0.2, 0) is 4.79 Å². The minimum Gasteiger partial charge on any atom is -0.324 e. The Kier molecular flexibility index (Phi) is 4.26. The van der Waals surface area contributed by atoms with Crippen LogP contribution in [0.4, 0.5) is 5.69 Å². The van der Waals surface area contributed by atoms with Gasteiger partial charge in [-0.25, -0.2) is 0 Å². The number of carbonyl (C=O) groups excluding carboxylic acids is 1. The molecule has 1 N–H and O–H groups in total. The first-order chi connectivity index (χ1) is 9.90. The summed E-state index contributed by atoms with van der Waals surface area (Å²) in [6.07, 6.45) is 1.64. The van der Waals surface area contributed by atoms with Crippen molar-refractivity contribution in [3.8, 4) is 0 Å². The highest BCUT2D eigenvalue weighted by atomic mass is 16.2. The fourth-order valence-corrected chi connectivity index (χ4v) is 2.16. The van der Waals surface area contributed by atoms with E-state index < -0.39 is 6.04 Å². The van der Waals surface area contributed by atoms with Gasteiger partial charge in [-0.1, -0.05) is 18.2 Å². The van der Waals surface area contributed by atoms with Crippen LogP contribution in [0.15, 0.2) is 41.3 Å². The van der Waals surface area contributed by atoms with Crippen LogP contribution in [0.1, 0.15) is 29.7 Å². The van der Waals surface area contributed by atoms with E-state index in [-0.39, 0.29) is 11.5 Å². The third kappa shape index (κ3) is 3.21. The minimum absolute atomic E-state index is 0.138. The first-order valence-corrected chi connectivity index (χ1v) is 6.96. The van der Waals surface area contributed by atoms with Crippen molar-refractivity contribution in [3.63, 3.8) is 0 Å². The summed E-state index contributed by atoms with van der Waals surface area (Å²) in [6.45, 7) is 7.39. The average Bonchev–Trinajstić information content (AvgIpc) is 2.45. The summed E-state index contributed by atoms with van der Waals surface area (Å²) in [4.78, 5) is 24.4. The number of rotatable bonds is 3. The fraction of sp³-hybridized carbons (Fsp3) is 0.294. The van der Waals surface area contributed by atoms with E-state index in [0.717, 1.165) is 16.8 Å². The van der Waals surface area contributed by atoms with Gasteiger partial charge in [-0.3, -0.25) is 9.59 Å². The highest BCUT2D eigenvalue weighted by Gasteiger charge is 2.17. The number of benzene rings is 1. The zero-order chi connectivity index (χ0) is 15.6. The van der Waals surface area contributed by atoms with E-state index in [2.05, 4.69) is 5.32 Å². The third-order valence-corrected chi connectivity index (χ3v) is 3.61. The SMILES string of the molecule is Cc1ccc(C)c(NC(=O)C(C)n2cccc(C)c2=O)c1. The highest BCUT2D eigenvalue weighted by molar-refractivity contribution is 5.94. The predicted molar refractivity (Wildman–Crippen MR) is 84.7 cm³/mol. The van der Waals surface area contributed by atoms with Gasteiger partial charge in [0.2, 0.25) is 5.91 Å². The lowest BCUT2D eigenvalue weighted by atomic mass is 10.1. The number of aryl methyl sites for hydroxylation is 3. The molecule has 2 rings (SSSR count). The van der Waals surface area contributed by atoms with Crippen LogP contribution in [0.5, 0.6) is 0 Å². The average molecular weight is 284 g/mol. The molecule has 1 atom stereocenters. The van der Waals surface area contributed by atoms with Crippen LogP contribution in [0.25, 0.3) is 0 Å². The number of aromatic nitrogens is 1. The molecule has 4 nitrogen and oxygen atoms in total. The quantitative estimate of drug-likeness (QED) is 0.942. The molecule has 110 valence electrons. The van der Waals surface area contributed by atoms with Crippen molar-refractivity contribution in [1.29, 1.82) is 0 Å². The van der Waals surface area contributed by atoms with Crippen LogP contribution in [0, 0.1) is 20.8 Å². The summed E-state index contributed by atoms with van der Waals surface area (Å²) in [5, 5.41) is 2.90. The van der Waals surface area contributed by atoms with Crippen LogP contribution >= 0.6 is 0 Å². The number of hydrogen-bond acceptors (Lipinski definition) is 2. The lowest BCUT2D eigenvalue weighted by Gasteiger charge is -2.17. The van der Waals surface area contributed by atoms with Gasteiger partial charge < -0.3 is 9.88 Å². The molecule has 0 aliphatic rings. The summed E-state index contributed by atoms with van der Waals surface area (Å²) in [5.74, 6) is -0.198. The Labute approximate surface area is 124 Å². The monoisotopic (exact) mass is 284 g/mol. The summed E-state index contributed by atoms with van der Waals surface area (Å²) >= 11 is 0. The smallest absolute Gasteiger partial charge is 0.254 e. The summed E-state index contributed by atoms with van der Waals surface area (Å²) in [6, 6.07) is 8.86. The molecule has 0 bridgehead atoms. The van der Waals surface area contributed by atoms with Crippen molar-refractivity contribution >= 4 is 11.6 Å². The Morgan fingerprint density at radius 2 is 1.86 bits per heavy atom. The molecular formula is C17H20N2O2. The maximum absolute atomic E-state index is 12.4. The van der Waals surface area contributed by atoms with Gasteiger partial charge in [-0.2, -0.15) is 0 Å². The van der Waals surface area contributed by atoms with Gasteiger partial charge in [-0.15, -0.1) is 0 Å². The molecule has 0 saturated heterocycles. The Morgan fingerprint density at radius 1 is 1.14 bits per heavy atom. The minimum atomic E-state index is -0.558. The number of nitrogens with zero attached hydrogens (tertiary/aromatic N) is 1. The molecule has 0 fully saturated rings. The topological polar surface area (TPSA) is 51.1 Å². The third-order valence-electron chi connectivity index (χ3n) is 3.61. The first-order valence-electron chi connectivity index (χ1n) is 6.96. The molecule has 0 spiro atoms. The maximum Gasteiger partial charge on any atom is 0.254 e. The van der Waals surface area contributed by atoms with Gasteiger partial charge in [0.1, 0.15) is 6.04 Å². The van der Waals surface area contributed by atoms with E-state index in [9.17, 15) is 9.59 Å². The van der Waals surface area contributed by atoms with Crippen molar-refractivity contribution < 1.29 is 4.79 Å². The van der Waals surface area contributed by atoms with Gasteiger partial charge in [-0.05, 0) is 51.0 Å². The number of amides is 1. The van der Waals surface area contributed by atoms with E-state index in [1.807, 2.05) is 32.0 Å². The summed E-state index contributed by atoms with van der Waals surface area (Å²) < 4.78 is 1.45. The Balaban J connectivity index is 2.26. The van der Waals surface area contributed by atoms with Crippen LogP contribution in [-0.4, -0.2) is 10.5 Å². The Bertz CT molecular complexity index is 732. The standard InChI is InChI=1S/C17H20N2O2/c1-11-7-8-12(2)15(10-11)18-16(20)14(4)19-9-5-6-13(3)17(19)21/h5-10,14H,1-4H3,(H,18,20). The van der Waals surface area contributed by atoms with E-state index in [1.165, 1.54) is 4.57 Å². The van der Waals surface area contributed by atoms with E-state index >= 15 is 0 Å². The number of nitrogens with one attached hydrogen (secondary N) is 1. The van der Waals surface area contributed by atoms with E-state index in [0.29, 0.717) is 5.56 Å². The molecule has 4 heteroatoms. The molecule has 0 aliphatic heterocycles. The van der Waals surface area contributed by atoms with Gasteiger partial charge in [0, 0.05) is 17.4 Å². The molecule has 0 radical (unpaired) electrons. The Morgan fingerprint density at radius 3 is 2.57 bits per heavy atom. The molecule has 21 heavy (non-hydrogen) atoms. The van der Waals surface area contributed by atoms with E-state index in [4.69, 9.17) is 0 Å². The van der Waals surface area contributed by atoms with Crippen LogP contribution < -0.4 is 10.9 Å². The molecule has 2 aromatic rings. The number of hydrogen-bond donors (Lipinski definition) is 1. The normalized spacial score (nSPS) is 12.0. The van der Waals surface area contributed by atoms with Crippen molar-refractivity contribution in [2.75, 3.05) is 5.32 Å². The molecule has 0 aliphatic carbocycles. The van der Waals surface area contributed by atoms with Gasteiger partial charge in [0.15, 0.2) is 0 Å². The second kappa shape index (κ2) is 5.95. The lowest BCUT2D eigenvalue weighted by molar-refractivity contribution is -0.118. The first kappa shape index (κ1) is 15.0. The molecular weight excluding hydrogens is 264 g/mol. The van der Waals surface area contributed by atoms with Gasteiger partial charge >= 0.3 is 0 Å². The molecule has 1 aromatic heterocycles. The molecule has 1 heterocycles. The molecule has 0 saturated carbocycles. The largest absolute Gasteiger partial charge is 0.324 e. The zero-order valence-corrected chi connectivity index (χ0v) is 12.8. The molecule has 1 amide bonds. The van der Waals surface area contributed by atoms with Gasteiger partial charge in [0.05, 0.1) is 0 Å². The predicted octanol–water partition coefficient (Wildman–Crippen LogP) is 2.97. The van der Waals surface area contributed by atoms with Crippen LogP contribution in [0.3, 0.4) is 0 Å². The number of pyridine rings is 1. The molecule has 1 aromatic carbocycles. The highest BCUT2D eigenvalue weighted by Crippen LogP contribution is 2.18. The summed E-state index contributed by atoms with van der Waals surface area (Å²) in [5.41, 5.74) is 3.35. The van der Waals surface area contributed by atoms with Crippen LogP contribution in [0.2, 0.25) is 0 Å². The second-order valence-corrected chi connectivity index (χ2v) is 5.39. The fourth-order valence-electron chi connectivity index (χ4n) is 2.16. The van der Waals surface area contributed by atoms with Gasteiger partial charge in [0.25, 0.3) is 5.56 Å². The lowest BCUT2D eigenvalue weighted by Crippen LogP contribution is -2.32.